The predicted molar refractivity (Wildman–Crippen MR) is 61.1 cm³/mol. The van der Waals surface area contributed by atoms with Gasteiger partial charge in [0.05, 0.1) is 0 Å². The summed E-state index contributed by atoms with van der Waals surface area (Å²) in [5, 5.41) is 3.60. The molecule has 0 aliphatic carbocycles. The van der Waals surface area contributed by atoms with Gasteiger partial charge in [-0.3, -0.25) is 0 Å². The fourth-order valence-corrected chi connectivity index (χ4v) is 1.54. The maximum Gasteiger partial charge on any atom is 0.00618 e. The molecule has 0 rings (SSSR count). The Hall–Kier alpha value is -0.0400. The minimum absolute atomic E-state index is 0.747. The summed E-state index contributed by atoms with van der Waals surface area (Å²) in [6.07, 6.45) is 6.57. The van der Waals surface area contributed by atoms with Gasteiger partial charge in [0.1, 0.15) is 0 Å². The Kier molecular flexibility index (Phi) is 8.53. The van der Waals surface area contributed by atoms with Gasteiger partial charge in [0.25, 0.3) is 0 Å². The monoisotopic (exact) mass is 185 g/mol. The van der Waals surface area contributed by atoms with E-state index in [-0.39, 0.29) is 0 Å². The molecule has 80 valence electrons. The third-order valence-electron chi connectivity index (χ3n) is 2.99. The zero-order chi connectivity index (χ0) is 10.1. The van der Waals surface area contributed by atoms with Crippen molar-refractivity contribution < 1.29 is 0 Å². The summed E-state index contributed by atoms with van der Waals surface area (Å²) >= 11 is 0. The maximum atomic E-state index is 3.60. The first-order valence-corrected chi connectivity index (χ1v) is 5.97. The van der Waals surface area contributed by atoms with Crippen LogP contribution in [0.3, 0.4) is 0 Å². The lowest BCUT2D eigenvalue weighted by Gasteiger charge is -2.15. The van der Waals surface area contributed by atoms with E-state index in [1.807, 2.05) is 0 Å². The van der Waals surface area contributed by atoms with Crippen LogP contribution in [0.15, 0.2) is 0 Å². The van der Waals surface area contributed by atoms with Crippen molar-refractivity contribution in [2.45, 2.75) is 65.8 Å². The molecule has 13 heavy (non-hydrogen) atoms. The highest BCUT2D eigenvalue weighted by atomic mass is 14.9. The van der Waals surface area contributed by atoms with Crippen molar-refractivity contribution in [3.8, 4) is 0 Å². The second-order valence-corrected chi connectivity index (χ2v) is 4.12. The number of hydrogen-bond donors (Lipinski definition) is 1. The minimum Gasteiger partial charge on any atom is -0.314 e. The van der Waals surface area contributed by atoms with Crippen LogP contribution in [0.1, 0.15) is 59.8 Å². The molecule has 0 amide bonds. The van der Waals surface area contributed by atoms with Crippen molar-refractivity contribution in [3.63, 3.8) is 0 Å². The first-order valence-electron chi connectivity index (χ1n) is 5.97. The summed E-state index contributed by atoms with van der Waals surface area (Å²) in [5.74, 6) is 0.906. The fourth-order valence-electron chi connectivity index (χ4n) is 1.54. The van der Waals surface area contributed by atoms with Gasteiger partial charge in [0, 0.05) is 6.04 Å². The molecular formula is C12H27N. The molecule has 0 aromatic carbocycles. The molecule has 0 saturated heterocycles. The molecule has 0 aromatic heterocycles. The normalized spacial score (nSPS) is 13.6. The number of nitrogens with one attached hydrogen (secondary N) is 1. The summed E-state index contributed by atoms with van der Waals surface area (Å²) in [7, 11) is 0. The van der Waals surface area contributed by atoms with Crippen molar-refractivity contribution in [2.75, 3.05) is 6.54 Å². The Bertz CT molecular complexity index is 97.3. The van der Waals surface area contributed by atoms with E-state index >= 15 is 0 Å². The summed E-state index contributed by atoms with van der Waals surface area (Å²) in [5.41, 5.74) is 0. The van der Waals surface area contributed by atoms with Crippen molar-refractivity contribution in [1.29, 1.82) is 0 Å². The molecule has 0 aliphatic rings. The summed E-state index contributed by atoms with van der Waals surface area (Å²) in [4.78, 5) is 0. The first-order chi connectivity index (χ1) is 6.24. The molecule has 1 atom stereocenters. The van der Waals surface area contributed by atoms with Crippen LogP contribution in [-0.4, -0.2) is 12.6 Å². The van der Waals surface area contributed by atoms with Crippen LogP contribution < -0.4 is 5.32 Å². The highest BCUT2D eigenvalue weighted by Crippen LogP contribution is 2.08. The standard InChI is InChI=1S/C12H27N/c1-5-11(4)9-8-10-13-12(6-2)7-3/h11-13H,5-10H2,1-4H3. The first kappa shape index (κ1) is 13.0. The lowest BCUT2D eigenvalue weighted by Crippen LogP contribution is -2.28. The second-order valence-electron chi connectivity index (χ2n) is 4.12. The van der Waals surface area contributed by atoms with E-state index in [0.717, 1.165) is 12.0 Å². The summed E-state index contributed by atoms with van der Waals surface area (Å²) in [6.45, 7) is 10.3. The molecule has 0 radical (unpaired) electrons. The van der Waals surface area contributed by atoms with E-state index in [1.165, 1.54) is 38.6 Å². The van der Waals surface area contributed by atoms with Gasteiger partial charge in [-0.05, 0) is 38.1 Å². The van der Waals surface area contributed by atoms with Crippen molar-refractivity contribution in [1.82, 2.24) is 5.32 Å². The van der Waals surface area contributed by atoms with E-state index in [2.05, 4.69) is 33.0 Å². The molecule has 1 heteroatoms. The van der Waals surface area contributed by atoms with Gasteiger partial charge in [-0.25, -0.2) is 0 Å². The van der Waals surface area contributed by atoms with E-state index in [4.69, 9.17) is 0 Å². The van der Waals surface area contributed by atoms with Crippen LogP contribution >= 0.6 is 0 Å². The topological polar surface area (TPSA) is 12.0 Å². The fraction of sp³-hybridized carbons (Fsp3) is 1.00. The molecule has 0 heterocycles. The van der Waals surface area contributed by atoms with Gasteiger partial charge in [-0.15, -0.1) is 0 Å². The molecule has 0 aromatic rings. The van der Waals surface area contributed by atoms with E-state index in [9.17, 15) is 0 Å². The van der Waals surface area contributed by atoms with Crippen LogP contribution in [0.5, 0.6) is 0 Å². The summed E-state index contributed by atoms with van der Waals surface area (Å²) in [6, 6.07) is 0.747. The predicted octanol–water partition coefficient (Wildman–Crippen LogP) is 3.59. The Morgan fingerprint density at radius 2 is 1.62 bits per heavy atom. The molecule has 0 aliphatic heterocycles. The molecule has 0 spiro atoms. The molecule has 1 unspecified atom stereocenters. The largest absolute Gasteiger partial charge is 0.314 e. The third-order valence-corrected chi connectivity index (χ3v) is 2.99. The van der Waals surface area contributed by atoms with Crippen molar-refractivity contribution >= 4 is 0 Å². The van der Waals surface area contributed by atoms with Crippen LogP contribution in [0.4, 0.5) is 0 Å². The van der Waals surface area contributed by atoms with Crippen molar-refractivity contribution in [3.05, 3.63) is 0 Å². The Morgan fingerprint density at radius 1 is 1.00 bits per heavy atom. The Balaban J connectivity index is 3.23. The summed E-state index contributed by atoms with van der Waals surface area (Å²) < 4.78 is 0. The molecule has 0 saturated carbocycles. The average molecular weight is 185 g/mol. The zero-order valence-corrected chi connectivity index (χ0v) is 9.90. The smallest absolute Gasteiger partial charge is 0.00618 e. The number of hydrogen-bond acceptors (Lipinski definition) is 1. The van der Waals surface area contributed by atoms with Gasteiger partial charge in [0.15, 0.2) is 0 Å². The van der Waals surface area contributed by atoms with Gasteiger partial charge in [0.2, 0.25) is 0 Å². The maximum absolute atomic E-state index is 3.60. The Morgan fingerprint density at radius 3 is 2.08 bits per heavy atom. The lowest BCUT2D eigenvalue weighted by atomic mass is 10.0. The average Bonchev–Trinajstić information content (AvgIpc) is 2.18. The highest BCUT2D eigenvalue weighted by molar-refractivity contribution is 4.62. The van der Waals surface area contributed by atoms with Crippen LogP contribution in [0.25, 0.3) is 0 Å². The molecule has 0 fully saturated rings. The lowest BCUT2D eigenvalue weighted by molar-refractivity contribution is 0.438. The van der Waals surface area contributed by atoms with Crippen molar-refractivity contribution in [2.24, 2.45) is 5.92 Å². The van der Waals surface area contributed by atoms with Gasteiger partial charge >= 0.3 is 0 Å². The third kappa shape index (κ3) is 7.06. The van der Waals surface area contributed by atoms with E-state index in [0.29, 0.717) is 0 Å². The molecule has 1 nitrogen and oxygen atoms in total. The highest BCUT2D eigenvalue weighted by Gasteiger charge is 2.02. The number of rotatable bonds is 8. The van der Waals surface area contributed by atoms with Gasteiger partial charge < -0.3 is 5.32 Å². The van der Waals surface area contributed by atoms with Crippen LogP contribution in [0, 0.1) is 5.92 Å². The minimum atomic E-state index is 0.747. The van der Waals surface area contributed by atoms with Gasteiger partial charge in [-0.1, -0.05) is 34.1 Å². The molecular weight excluding hydrogens is 158 g/mol. The van der Waals surface area contributed by atoms with E-state index in [1.54, 1.807) is 0 Å². The van der Waals surface area contributed by atoms with Crippen LogP contribution in [-0.2, 0) is 0 Å². The quantitative estimate of drug-likeness (QED) is 0.570. The SMILES string of the molecule is CCC(C)CCCNC(CC)CC. The van der Waals surface area contributed by atoms with E-state index < -0.39 is 0 Å². The zero-order valence-electron chi connectivity index (χ0n) is 9.90. The Labute approximate surface area is 84.3 Å². The second kappa shape index (κ2) is 8.55. The molecule has 0 bridgehead atoms. The van der Waals surface area contributed by atoms with Gasteiger partial charge in [-0.2, -0.15) is 0 Å². The van der Waals surface area contributed by atoms with Crippen LogP contribution in [0.2, 0.25) is 0 Å². The molecule has 1 N–H and O–H groups in total.